The lowest BCUT2D eigenvalue weighted by molar-refractivity contribution is -0.870. The molecule has 0 aromatic carbocycles. The van der Waals surface area contributed by atoms with Crippen molar-refractivity contribution in [2.75, 3.05) is 47.5 Å². The zero-order valence-corrected chi connectivity index (χ0v) is 55.0. The minimum absolute atomic E-state index is 0.0347. The molecule has 0 spiro atoms. The van der Waals surface area contributed by atoms with Crippen LogP contribution in [0.15, 0.2) is 24.3 Å². The monoisotopic (exact) mass is 1150 g/mol. The molecule has 0 saturated heterocycles. The normalized spacial score (nSPS) is 13.2. The lowest BCUT2D eigenvalue weighted by Crippen LogP contribution is -2.37. The molecule has 0 aromatic heterocycles. The summed E-state index contributed by atoms with van der Waals surface area (Å²) in [6.45, 7) is 4.50. The van der Waals surface area contributed by atoms with E-state index >= 15 is 0 Å². The van der Waals surface area contributed by atoms with Crippen LogP contribution in [0.2, 0.25) is 0 Å². The van der Waals surface area contributed by atoms with E-state index in [1.54, 1.807) is 0 Å². The number of carbonyl (C=O) groups excluding carboxylic acids is 2. The summed E-state index contributed by atoms with van der Waals surface area (Å²) < 4.78 is 34.7. The van der Waals surface area contributed by atoms with Crippen LogP contribution in [0.4, 0.5) is 0 Å². The maximum absolute atomic E-state index is 12.9. The molecule has 1 N–H and O–H groups in total. The Morgan fingerprint density at radius 2 is 0.675 bits per heavy atom. The Labute approximate surface area is 498 Å². The molecule has 0 amide bonds. The number of nitrogens with zero attached hydrogens (tertiary/aromatic N) is 1. The van der Waals surface area contributed by atoms with Gasteiger partial charge in [-0.1, -0.05) is 327 Å². The van der Waals surface area contributed by atoms with Gasteiger partial charge >= 0.3 is 19.8 Å². The summed E-state index contributed by atoms with van der Waals surface area (Å²) in [5.41, 5.74) is 0. The van der Waals surface area contributed by atoms with Crippen molar-refractivity contribution in [3.8, 4) is 0 Å². The molecular formula is C70H137NO8P+. The van der Waals surface area contributed by atoms with Crippen molar-refractivity contribution in [2.45, 2.75) is 367 Å². The fourth-order valence-electron chi connectivity index (χ4n) is 10.6. The molecule has 0 rings (SSSR count). The van der Waals surface area contributed by atoms with Crippen LogP contribution in [0, 0.1) is 0 Å². The second kappa shape index (κ2) is 62.0. The molecule has 0 aliphatic heterocycles. The van der Waals surface area contributed by atoms with Gasteiger partial charge in [-0.05, 0) is 44.9 Å². The van der Waals surface area contributed by atoms with Crippen molar-refractivity contribution >= 4 is 19.8 Å². The zero-order chi connectivity index (χ0) is 58.4. The van der Waals surface area contributed by atoms with Gasteiger partial charge in [0.05, 0.1) is 27.7 Å². The van der Waals surface area contributed by atoms with Crippen molar-refractivity contribution in [2.24, 2.45) is 0 Å². The van der Waals surface area contributed by atoms with E-state index in [4.69, 9.17) is 18.5 Å². The second-order valence-corrected chi connectivity index (χ2v) is 26.7. The summed E-state index contributed by atoms with van der Waals surface area (Å²) in [7, 11) is 1.50. The third-order valence-corrected chi connectivity index (χ3v) is 17.0. The van der Waals surface area contributed by atoms with Crippen LogP contribution in [-0.2, 0) is 32.7 Å². The minimum Gasteiger partial charge on any atom is -0.462 e. The first-order valence-corrected chi connectivity index (χ1v) is 36.6. The fourth-order valence-corrected chi connectivity index (χ4v) is 11.3. The van der Waals surface area contributed by atoms with Gasteiger partial charge in [-0.2, -0.15) is 0 Å². The summed E-state index contributed by atoms with van der Waals surface area (Å²) >= 11 is 0. The number of likely N-dealkylation sites (N-methyl/N-ethyl adjacent to an activating group) is 1. The first-order valence-electron chi connectivity index (χ1n) is 35.1. The Morgan fingerprint density at radius 3 is 0.988 bits per heavy atom. The predicted octanol–water partition coefficient (Wildman–Crippen LogP) is 22.5. The molecule has 9 nitrogen and oxygen atoms in total. The van der Waals surface area contributed by atoms with Crippen LogP contribution in [0.3, 0.4) is 0 Å². The third-order valence-electron chi connectivity index (χ3n) is 16.0. The van der Waals surface area contributed by atoms with Crippen molar-refractivity contribution in [3.05, 3.63) is 24.3 Å². The van der Waals surface area contributed by atoms with E-state index < -0.39 is 26.5 Å². The molecule has 0 aliphatic rings. The summed E-state index contributed by atoms with van der Waals surface area (Å²) in [6, 6.07) is 0. The van der Waals surface area contributed by atoms with Crippen LogP contribution in [0.5, 0.6) is 0 Å². The number of esters is 2. The molecule has 80 heavy (non-hydrogen) atoms. The third kappa shape index (κ3) is 65.6. The van der Waals surface area contributed by atoms with Crippen molar-refractivity contribution in [1.82, 2.24) is 0 Å². The molecule has 2 atom stereocenters. The number of quaternary nitrogens is 1. The summed E-state index contributed by atoms with van der Waals surface area (Å²) in [5.74, 6) is -0.776. The van der Waals surface area contributed by atoms with Gasteiger partial charge in [-0.25, -0.2) is 4.57 Å². The van der Waals surface area contributed by atoms with Crippen LogP contribution < -0.4 is 0 Å². The van der Waals surface area contributed by atoms with E-state index in [9.17, 15) is 19.0 Å². The van der Waals surface area contributed by atoms with Crippen LogP contribution in [0.1, 0.15) is 361 Å². The smallest absolute Gasteiger partial charge is 0.462 e. The molecule has 474 valence electrons. The quantitative estimate of drug-likeness (QED) is 0.0211. The Kier molecular flexibility index (Phi) is 60.9. The van der Waals surface area contributed by atoms with E-state index in [0.29, 0.717) is 23.9 Å². The molecule has 2 unspecified atom stereocenters. The average Bonchev–Trinajstić information content (AvgIpc) is 3.42. The van der Waals surface area contributed by atoms with Gasteiger partial charge in [-0.3, -0.25) is 18.6 Å². The highest BCUT2D eigenvalue weighted by Crippen LogP contribution is 2.43. The second-order valence-electron chi connectivity index (χ2n) is 25.3. The molecule has 0 fully saturated rings. The maximum atomic E-state index is 12.9. The standard InChI is InChI=1S/C70H136NO8P/c1-6-8-10-12-14-16-18-20-22-24-26-28-30-32-33-34-35-36-37-39-40-42-44-46-48-50-52-54-56-58-60-62-69(72)76-66-68(67-78-80(74,75)77-65-64-71(3,4)5)79-70(73)63-61-59-57-55-53-51-49-47-45-43-41-38-31-29-27-25-23-21-19-17-15-13-11-9-7-2/h19,21,25,27,68H,6-18,20,22-24,26,28-67H2,1-5H3/p+1/b21-19-,27-25-. The van der Waals surface area contributed by atoms with E-state index in [1.807, 2.05) is 21.1 Å². The summed E-state index contributed by atoms with van der Waals surface area (Å²) in [6.07, 6.45) is 77.2. The lowest BCUT2D eigenvalue weighted by atomic mass is 10.0. The highest BCUT2D eigenvalue weighted by atomic mass is 31.2. The van der Waals surface area contributed by atoms with Gasteiger partial charge in [0, 0.05) is 12.8 Å². The van der Waals surface area contributed by atoms with E-state index in [-0.39, 0.29) is 25.6 Å². The number of hydrogen-bond acceptors (Lipinski definition) is 7. The number of allylic oxidation sites excluding steroid dienone is 4. The van der Waals surface area contributed by atoms with Gasteiger partial charge in [-0.15, -0.1) is 0 Å². The highest BCUT2D eigenvalue weighted by molar-refractivity contribution is 7.47. The number of phosphoric acid groups is 1. The van der Waals surface area contributed by atoms with Crippen LogP contribution >= 0.6 is 7.82 Å². The number of carbonyl (C=O) groups is 2. The first-order chi connectivity index (χ1) is 39.0. The van der Waals surface area contributed by atoms with Gasteiger partial charge in [0.25, 0.3) is 0 Å². The zero-order valence-electron chi connectivity index (χ0n) is 54.1. The Morgan fingerprint density at radius 1 is 0.388 bits per heavy atom. The largest absolute Gasteiger partial charge is 0.472 e. The summed E-state index contributed by atoms with van der Waals surface area (Å²) in [4.78, 5) is 35.9. The molecule has 0 saturated carbocycles. The Hall–Kier alpha value is -1.51. The van der Waals surface area contributed by atoms with Crippen molar-refractivity contribution in [3.63, 3.8) is 0 Å². The number of hydrogen-bond donors (Lipinski definition) is 1. The topological polar surface area (TPSA) is 108 Å². The van der Waals surface area contributed by atoms with Crippen molar-refractivity contribution in [1.29, 1.82) is 0 Å². The maximum Gasteiger partial charge on any atom is 0.472 e. The van der Waals surface area contributed by atoms with Gasteiger partial charge in [0.1, 0.15) is 19.8 Å². The number of phosphoric ester groups is 1. The summed E-state index contributed by atoms with van der Waals surface area (Å²) in [5, 5.41) is 0. The molecule has 0 aliphatic carbocycles. The molecule has 0 radical (unpaired) electrons. The Bertz CT molecular complexity index is 1400. The average molecular weight is 1150 g/mol. The number of unbranched alkanes of at least 4 members (excludes halogenated alkanes) is 48. The SMILES string of the molecule is CCCCCCC/C=C\C/C=C\CCCCCCCCCCCCCCCC(=O)OC(COC(=O)CCCCCCCCCCCCCCCCCCCCCCCCCCCCCCCCC)COP(=O)(O)OCC[N+](C)(C)C. The van der Waals surface area contributed by atoms with Crippen LogP contribution in [-0.4, -0.2) is 74.9 Å². The van der Waals surface area contributed by atoms with E-state index in [0.717, 1.165) is 38.5 Å². The molecule has 0 bridgehead atoms. The van der Waals surface area contributed by atoms with E-state index in [1.165, 1.54) is 289 Å². The van der Waals surface area contributed by atoms with Gasteiger partial charge in [0.2, 0.25) is 0 Å². The predicted molar refractivity (Wildman–Crippen MR) is 344 cm³/mol. The van der Waals surface area contributed by atoms with Crippen LogP contribution in [0.25, 0.3) is 0 Å². The first kappa shape index (κ1) is 78.5. The van der Waals surface area contributed by atoms with Gasteiger partial charge in [0.15, 0.2) is 6.10 Å². The molecule has 0 heterocycles. The number of rotatable bonds is 66. The Balaban J connectivity index is 3.98. The minimum atomic E-state index is -4.39. The van der Waals surface area contributed by atoms with Gasteiger partial charge < -0.3 is 18.9 Å². The van der Waals surface area contributed by atoms with E-state index in [2.05, 4.69) is 38.2 Å². The fraction of sp³-hybridized carbons (Fsp3) is 0.914. The molecular weight excluding hydrogens is 1010 g/mol. The highest BCUT2D eigenvalue weighted by Gasteiger charge is 2.27. The molecule has 0 aromatic rings. The lowest BCUT2D eigenvalue weighted by Gasteiger charge is -2.24. The number of ether oxygens (including phenoxy) is 2. The molecule has 10 heteroatoms. The van der Waals surface area contributed by atoms with Crippen molar-refractivity contribution < 1.29 is 42.1 Å².